The zero-order valence-corrected chi connectivity index (χ0v) is 19.9. The number of ether oxygens (including phenoxy) is 3. The van der Waals surface area contributed by atoms with Gasteiger partial charge in [-0.2, -0.15) is 13.2 Å². The summed E-state index contributed by atoms with van der Waals surface area (Å²) in [5.41, 5.74) is 3.54. The second-order valence-corrected chi connectivity index (χ2v) is 8.68. The van der Waals surface area contributed by atoms with Crippen molar-refractivity contribution < 1.29 is 37.0 Å². The number of amides is 1. The van der Waals surface area contributed by atoms with E-state index in [2.05, 4.69) is 4.74 Å². The number of primary amides is 1. The number of rotatable bonds is 8. The van der Waals surface area contributed by atoms with Gasteiger partial charge in [0.2, 0.25) is 0 Å². The van der Waals surface area contributed by atoms with E-state index in [1.54, 1.807) is 27.7 Å². The quantitative estimate of drug-likeness (QED) is 0.470. The van der Waals surface area contributed by atoms with Crippen molar-refractivity contribution in [2.75, 3.05) is 0 Å². The second kappa shape index (κ2) is 13.2. The molecular formula is C23H36F3NO5. The first-order valence-corrected chi connectivity index (χ1v) is 10.6. The van der Waals surface area contributed by atoms with Crippen LogP contribution in [0, 0.1) is 5.92 Å². The van der Waals surface area contributed by atoms with E-state index in [0.29, 0.717) is 12.2 Å². The first-order chi connectivity index (χ1) is 14.6. The van der Waals surface area contributed by atoms with Crippen LogP contribution < -0.4 is 10.5 Å². The van der Waals surface area contributed by atoms with Crippen LogP contribution in [0.3, 0.4) is 0 Å². The van der Waals surface area contributed by atoms with E-state index in [0.717, 1.165) is 25.0 Å². The van der Waals surface area contributed by atoms with Crippen LogP contribution in [0.5, 0.6) is 5.75 Å². The summed E-state index contributed by atoms with van der Waals surface area (Å²) in [5, 5.41) is 0. The average molecular weight is 464 g/mol. The fraction of sp³-hybridized carbons (Fsp3) is 0.652. The van der Waals surface area contributed by atoms with Crippen LogP contribution in [-0.2, 0) is 20.4 Å². The molecule has 0 aliphatic heterocycles. The summed E-state index contributed by atoms with van der Waals surface area (Å²) in [4.78, 5) is 21.8. The third-order valence-corrected chi connectivity index (χ3v) is 4.03. The highest BCUT2D eigenvalue weighted by atomic mass is 19.4. The topological polar surface area (TPSA) is 87.9 Å². The molecular weight excluding hydrogens is 427 g/mol. The minimum absolute atomic E-state index is 0.0290. The molecule has 0 aliphatic carbocycles. The number of benzene rings is 1. The molecule has 1 aromatic carbocycles. The zero-order chi connectivity index (χ0) is 25.1. The van der Waals surface area contributed by atoms with Gasteiger partial charge in [-0.05, 0) is 64.3 Å². The molecule has 32 heavy (non-hydrogen) atoms. The molecule has 0 heterocycles. The van der Waals surface area contributed by atoms with Gasteiger partial charge in [0, 0.05) is 6.42 Å². The van der Waals surface area contributed by atoms with Crippen LogP contribution in [0.25, 0.3) is 0 Å². The van der Waals surface area contributed by atoms with Crippen molar-refractivity contribution in [2.24, 2.45) is 11.7 Å². The van der Waals surface area contributed by atoms with Crippen molar-refractivity contribution in [1.82, 2.24) is 0 Å². The third kappa shape index (κ3) is 13.1. The van der Waals surface area contributed by atoms with Gasteiger partial charge in [-0.1, -0.05) is 27.2 Å². The Morgan fingerprint density at radius 2 is 1.56 bits per heavy atom. The van der Waals surface area contributed by atoms with Crippen LogP contribution in [0.1, 0.15) is 73.3 Å². The molecule has 2 N–H and O–H groups in total. The maximum atomic E-state index is 12.6. The second-order valence-electron chi connectivity index (χ2n) is 8.68. The summed E-state index contributed by atoms with van der Waals surface area (Å²) in [6.45, 7) is 12.8. The summed E-state index contributed by atoms with van der Waals surface area (Å²) < 4.78 is 53.5. The van der Waals surface area contributed by atoms with E-state index < -0.39 is 35.6 Å². The van der Waals surface area contributed by atoms with Gasteiger partial charge < -0.3 is 19.9 Å². The fourth-order valence-corrected chi connectivity index (χ4v) is 2.61. The molecule has 1 rings (SSSR count). The van der Waals surface area contributed by atoms with Gasteiger partial charge in [0.05, 0.1) is 5.56 Å². The molecule has 1 aromatic rings. The van der Waals surface area contributed by atoms with Gasteiger partial charge in [0.25, 0.3) is 0 Å². The smallest absolute Gasteiger partial charge is 0.416 e. The highest BCUT2D eigenvalue weighted by Crippen LogP contribution is 2.31. The standard InChI is InChI=1S/C18H25F3O3.C5H11NO2/c1-5-6-7-16(22)23-13(4)17(12(2)3)24-15-10-8-14(9-11-15)18(19,20)21;1-5(2,3)8-4(6)7/h8-13,17H,5-7H2,1-4H3;1-3H3,(H2,6,7)/t13?,17-;/m1./s1. The Labute approximate surface area is 188 Å². The Morgan fingerprint density at radius 1 is 1.03 bits per heavy atom. The lowest BCUT2D eigenvalue weighted by atomic mass is 10.0. The Balaban J connectivity index is 0.00000102. The average Bonchev–Trinajstić information content (AvgIpc) is 2.62. The first-order valence-electron chi connectivity index (χ1n) is 10.6. The lowest BCUT2D eigenvalue weighted by Gasteiger charge is -2.28. The third-order valence-electron chi connectivity index (χ3n) is 4.03. The highest BCUT2D eigenvalue weighted by Gasteiger charge is 2.31. The van der Waals surface area contributed by atoms with Crippen molar-refractivity contribution in [3.63, 3.8) is 0 Å². The van der Waals surface area contributed by atoms with Gasteiger partial charge >= 0.3 is 18.2 Å². The molecule has 0 radical (unpaired) electrons. The summed E-state index contributed by atoms with van der Waals surface area (Å²) in [7, 11) is 0. The summed E-state index contributed by atoms with van der Waals surface area (Å²) >= 11 is 0. The molecule has 0 spiro atoms. The Bertz CT molecular complexity index is 697. The van der Waals surface area contributed by atoms with Gasteiger partial charge in [-0.15, -0.1) is 0 Å². The fourth-order valence-electron chi connectivity index (χ4n) is 2.61. The molecule has 0 aliphatic rings. The predicted molar refractivity (Wildman–Crippen MR) is 116 cm³/mol. The van der Waals surface area contributed by atoms with Gasteiger partial charge in [0.1, 0.15) is 23.6 Å². The van der Waals surface area contributed by atoms with E-state index in [1.807, 2.05) is 20.8 Å². The number of alkyl halides is 3. The molecule has 0 aromatic heterocycles. The monoisotopic (exact) mass is 463 g/mol. The Morgan fingerprint density at radius 3 is 1.91 bits per heavy atom. The van der Waals surface area contributed by atoms with Gasteiger partial charge in [0.15, 0.2) is 0 Å². The number of nitrogens with two attached hydrogens (primary N) is 1. The van der Waals surface area contributed by atoms with Gasteiger partial charge in [-0.3, -0.25) is 4.79 Å². The number of carbonyl (C=O) groups is 2. The minimum Gasteiger partial charge on any atom is -0.486 e. The zero-order valence-electron chi connectivity index (χ0n) is 19.9. The van der Waals surface area contributed by atoms with Crippen molar-refractivity contribution in [2.45, 2.75) is 91.7 Å². The molecule has 9 heteroatoms. The van der Waals surface area contributed by atoms with Crippen LogP contribution in [0.2, 0.25) is 0 Å². The molecule has 1 amide bonds. The molecule has 2 atom stereocenters. The number of unbranched alkanes of at least 4 members (excludes halogenated alkanes) is 1. The number of hydrogen-bond donors (Lipinski definition) is 1. The number of carbonyl (C=O) groups excluding carboxylic acids is 2. The van der Waals surface area contributed by atoms with Crippen LogP contribution in [-0.4, -0.2) is 29.9 Å². The summed E-state index contributed by atoms with van der Waals surface area (Å²) in [5.74, 6) is 0.0606. The van der Waals surface area contributed by atoms with Crippen molar-refractivity contribution >= 4 is 12.1 Å². The van der Waals surface area contributed by atoms with Crippen molar-refractivity contribution in [1.29, 1.82) is 0 Å². The maximum absolute atomic E-state index is 12.6. The van der Waals surface area contributed by atoms with E-state index in [9.17, 15) is 22.8 Å². The Hall–Kier alpha value is -2.45. The van der Waals surface area contributed by atoms with Crippen LogP contribution in [0.4, 0.5) is 18.0 Å². The van der Waals surface area contributed by atoms with E-state index in [1.165, 1.54) is 12.1 Å². The summed E-state index contributed by atoms with van der Waals surface area (Å²) in [6.07, 6.45) is -4.01. The van der Waals surface area contributed by atoms with E-state index in [-0.39, 0.29) is 11.9 Å². The first kappa shape index (κ1) is 29.5. The number of hydrogen-bond acceptors (Lipinski definition) is 5. The predicted octanol–water partition coefficient (Wildman–Crippen LogP) is 6.11. The molecule has 0 fully saturated rings. The molecule has 1 unspecified atom stereocenters. The van der Waals surface area contributed by atoms with E-state index in [4.69, 9.17) is 15.2 Å². The lowest BCUT2D eigenvalue weighted by molar-refractivity contribution is -0.154. The largest absolute Gasteiger partial charge is 0.486 e. The minimum atomic E-state index is -4.38. The normalized spacial score (nSPS) is 13.5. The number of halogens is 3. The lowest BCUT2D eigenvalue weighted by Crippen LogP contribution is -2.37. The molecule has 6 nitrogen and oxygen atoms in total. The van der Waals surface area contributed by atoms with Crippen molar-refractivity contribution in [3.8, 4) is 5.75 Å². The Kier molecular flexibility index (Phi) is 12.2. The summed E-state index contributed by atoms with van der Waals surface area (Å²) in [6, 6.07) is 4.52. The van der Waals surface area contributed by atoms with Crippen molar-refractivity contribution in [3.05, 3.63) is 29.8 Å². The highest BCUT2D eigenvalue weighted by molar-refractivity contribution is 5.69. The SMILES string of the molecule is CC(C)(C)OC(N)=O.CCCCC(=O)OC(C)[C@H](Oc1ccc(C(F)(F)F)cc1)C(C)C. The maximum Gasteiger partial charge on any atom is 0.416 e. The number of esters is 1. The molecule has 0 bridgehead atoms. The van der Waals surface area contributed by atoms with E-state index >= 15 is 0 Å². The van der Waals surface area contributed by atoms with Gasteiger partial charge in [-0.25, -0.2) is 4.79 Å². The molecule has 0 saturated carbocycles. The van der Waals surface area contributed by atoms with Crippen LogP contribution in [0.15, 0.2) is 24.3 Å². The van der Waals surface area contributed by atoms with Crippen LogP contribution >= 0.6 is 0 Å². The molecule has 184 valence electrons. The molecule has 0 saturated heterocycles.